The zero-order valence-corrected chi connectivity index (χ0v) is 15.9. The molecule has 4 N–H and O–H groups in total. The van der Waals surface area contributed by atoms with Gasteiger partial charge in [-0.2, -0.15) is 13.2 Å². The summed E-state index contributed by atoms with van der Waals surface area (Å²) in [5, 5.41) is 5.58. The van der Waals surface area contributed by atoms with Crippen LogP contribution in [0.4, 0.5) is 24.5 Å². The monoisotopic (exact) mass is 414 g/mol. The van der Waals surface area contributed by atoms with Gasteiger partial charge in [0.05, 0.1) is 23.9 Å². The van der Waals surface area contributed by atoms with E-state index in [9.17, 15) is 22.8 Å². The summed E-state index contributed by atoms with van der Waals surface area (Å²) in [6, 6.07) is 2.70. The average molecular weight is 414 g/mol. The Hall–Kier alpha value is -2.17. The second-order valence-electron chi connectivity index (χ2n) is 7.31. The lowest BCUT2D eigenvalue weighted by Gasteiger charge is -2.29. The van der Waals surface area contributed by atoms with Crippen molar-refractivity contribution in [1.82, 2.24) is 5.32 Å². The molecule has 0 spiro atoms. The van der Waals surface area contributed by atoms with Crippen LogP contribution in [0.1, 0.15) is 24.8 Å². The molecule has 1 atom stereocenters. The number of carbonyl (C=O) groups excluding carboxylic acids is 2. The Labute approximate surface area is 166 Å². The molecule has 29 heavy (non-hydrogen) atoms. The first kappa shape index (κ1) is 21.5. The van der Waals surface area contributed by atoms with E-state index >= 15 is 0 Å². The lowest BCUT2D eigenvalue weighted by atomic mass is 9.85. The molecule has 1 aliphatic carbocycles. The number of benzene rings is 1. The number of ether oxygens (including phenoxy) is 1. The molecule has 2 amide bonds. The van der Waals surface area contributed by atoms with Crippen molar-refractivity contribution in [3.8, 4) is 0 Å². The number of rotatable bonds is 7. The van der Waals surface area contributed by atoms with E-state index < -0.39 is 29.6 Å². The Kier molecular flexibility index (Phi) is 6.76. The van der Waals surface area contributed by atoms with Gasteiger partial charge in [0, 0.05) is 18.8 Å². The van der Waals surface area contributed by atoms with Gasteiger partial charge in [-0.3, -0.25) is 9.59 Å². The molecule has 1 aliphatic heterocycles. The molecule has 2 aliphatic rings. The van der Waals surface area contributed by atoms with Gasteiger partial charge in [0.15, 0.2) is 0 Å². The van der Waals surface area contributed by atoms with Crippen LogP contribution in [0, 0.1) is 5.92 Å². The fourth-order valence-electron chi connectivity index (χ4n) is 3.37. The molecule has 1 aromatic rings. The first-order chi connectivity index (χ1) is 13.8. The van der Waals surface area contributed by atoms with Crippen molar-refractivity contribution in [3.05, 3.63) is 23.8 Å². The number of morpholine rings is 1. The van der Waals surface area contributed by atoms with Crippen LogP contribution < -0.4 is 21.3 Å². The van der Waals surface area contributed by atoms with E-state index in [1.54, 1.807) is 0 Å². The number of carbonyl (C=O) groups is 2. The maximum Gasteiger partial charge on any atom is 0.418 e. The molecule has 0 bridgehead atoms. The molecule has 0 unspecified atom stereocenters. The summed E-state index contributed by atoms with van der Waals surface area (Å²) in [6.07, 6.45) is -1.32. The maximum absolute atomic E-state index is 13.6. The van der Waals surface area contributed by atoms with Gasteiger partial charge in [-0.25, -0.2) is 0 Å². The van der Waals surface area contributed by atoms with Crippen molar-refractivity contribution in [2.45, 2.75) is 31.5 Å². The first-order valence-electron chi connectivity index (χ1n) is 9.63. The molecule has 1 saturated heterocycles. The minimum absolute atomic E-state index is 0.00400. The van der Waals surface area contributed by atoms with Gasteiger partial charge >= 0.3 is 6.18 Å². The van der Waals surface area contributed by atoms with Crippen molar-refractivity contribution in [1.29, 1.82) is 0 Å². The van der Waals surface area contributed by atoms with Crippen LogP contribution in [0.5, 0.6) is 0 Å². The third kappa shape index (κ3) is 5.26. The third-order valence-electron chi connectivity index (χ3n) is 5.28. The molecule has 1 saturated carbocycles. The van der Waals surface area contributed by atoms with Gasteiger partial charge in [-0.1, -0.05) is 6.42 Å². The number of hydrogen-bond acceptors (Lipinski definition) is 5. The lowest BCUT2D eigenvalue weighted by Crippen LogP contribution is -2.48. The highest BCUT2D eigenvalue weighted by molar-refractivity contribution is 5.98. The molecule has 1 heterocycles. The van der Waals surface area contributed by atoms with Crippen molar-refractivity contribution in [2.24, 2.45) is 11.7 Å². The molecule has 0 radical (unpaired) electrons. The highest BCUT2D eigenvalue weighted by Gasteiger charge is 2.37. The topological polar surface area (TPSA) is 96.7 Å². The average Bonchev–Trinajstić information content (AvgIpc) is 2.63. The highest BCUT2D eigenvalue weighted by Crippen LogP contribution is 2.38. The number of amides is 2. The standard InChI is InChI=1S/C19H25F3N4O3/c20-19(21,22)14-8-13(4-5-16(14)26-6-7-29-11-17(26)27)25-18(28)15(9-23)24-10-12-2-1-3-12/h4-5,8,12,15,24H,1-3,6-7,9-11,23H2,(H,25,28)/t15-/m0/s1. The van der Waals surface area contributed by atoms with Gasteiger partial charge in [0.2, 0.25) is 5.91 Å². The largest absolute Gasteiger partial charge is 0.418 e. The summed E-state index contributed by atoms with van der Waals surface area (Å²) in [4.78, 5) is 25.5. The molecule has 3 rings (SSSR count). The summed E-state index contributed by atoms with van der Waals surface area (Å²) in [6.45, 7) is 0.618. The summed E-state index contributed by atoms with van der Waals surface area (Å²) in [5.74, 6) is -0.518. The predicted octanol–water partition coefficient (Wildman–Crippen LogP) is 1.72. The molecular weight excluding hydrogens is 389 g/mol. The zero-order chi connectivity index (χ0) is 21.0. The number of nitrogens with two attached hydrogens (primary N) is 1. The van der Waals surface area contributed by atoms with Crippen LogP contribution in [0.25, 0.3) is 0 Å². The lowest BCUT2D eigenvalue weighted by molar-refractivity contribution is -0.137. The normalized spacial score (nSPS) is 19.0. The van der Waals surface area contributed by atoms with E-state index in [0.717, 1.165) is 23.8 Å². The number of nitrogens with one attached hydrogen (secondary N) is 2. The van der Waals surface area contributed by atoms with Gasteiger partial charge in [-0.05, 0) is 43.5 Å². The van der Waals surface area contributed by atoms with E-state index in [0.29, 0.717) is 12.5 Å². The summed E-state index contributed by atoms with van der Waals surface area (Å²) >= 11 is 0. The second-order valence-corrected chi connectivity index (χ2v) is 7.31. The van der Waals surface area contributed by atoms with E-state index in [1.165, 1.54) is 18.6 Å². The molecule has 160 valence electrons. The summed E-state index contributed by atoms with van der Waals surface area (Å²) < 4.78 is 45.8. The molecular formula is C19H25F3N4O3. The Morgan fingerprint density at radius 2 is 2.10 bits per heavy atom. The van der Waals surface area contributed by atoms with Crippen LogP contribution in [0.15, 0.2) is 18.2 Å². The maximum atomic E-state index is 13.6. The van der Waals surface area contributed by atoms with Crippen molar-refractivity contribution in [2.75, 3.05) is 43.1 Å². The number of halogens is 3. The number of anilines is 2. The molecule has 2 fully saturated rings. The smallest absolute Gasteiger partial charge is 0.370 e. The Morgan fingerprint density at radius 3 is 2.69 bits per heavy atom. The van der Waals surface area contributed by atoms with E-state index in [2.05, 4.69) is 10.6 Å². The van der Waals surface area contributed by atoms with E-state index in [-0.39, 0.29) is 37.7 Å². The van der Waals surface area contributed by atoms with Crippen LogP contribution in [-0.4, -0.2) is 50.7 Å². The minimum atomic E-state index is -4.69. The molecule has 0 aromatic heterocycles. The van der Waals surface area contributed by atoms with Gasteiger partial charge < -0.3 is 26.0 Å². The predicted molar refractivity (Wildman–Crippen MR) is 101 cm³/mol. The van der Waals surface area contributed by atoms with Crippen LogP contribution in [-0.2, 0) is 20.5 Å². The summed E-state index contributed by atoms with van der Waals surface area (Å²) in [5.41, 5.74) is 4.41. The quantitative estimate of drug-likeness (QED) is 0.632. The van der Waals surface area contributed by atoms with Crippen LogP contribution in [0.2, 0.25) is 0 Å². The van der Waals surface area contributed by atoms with E-state index in [4.69, 9.17) is 10.5 Å². The fourth-order valence-corrected chi connectivity index (χ4v) is 3.37. The zero-order valence-electron chi connectivity index (χ0n) is 15.9. The van der Waals surface area contributed by atoms with Crippen LogP contribution >= 0.6 is 0 Å². The van der Waals surface area contributed by atoms with Gasteiger partial charge in [0.1, 0.15) is 6.61 Å². The van der Waals surface area contributed by atoms with Crippen molar-refractivity contribution < 1.29 is 27.5 Å². The second kappa shape index (κ2) is 9.10. The Bertz CT molecular complexity index is 753. The third-order valence-corrected chi connectivity index (χ3v) is 5.28. The number of nitrogens with zero attached hydrogens (tertiary/aromatic N) is 1. The summed E-state index contributed by atoms with van der Waals surface area (Å²) in [7, 11) is 0. The number of alkyl halides is 3. The van der Waals surface area contributed by atoms with Gasteiger partial charge in [0.25, 0.3) is 5.91 Å². The van der Waals surface area contributed by atoms with E-state index in [1.807, 2.05) is 0 Å². The van der Waals surface area contributed by atoms with Crippen molar-refractivity contribution >= 4 is 23.2 Å². The Balaban J connectivity index is 1.75. The molecule has 1 aromatic carbocycles. The fraction of sp³-hybridized carbons (Fsp3) is 0.579. The number of hydrogen-bond donors (Lipinski definition) is 3. The van der Waals surface area contributed by atoms with Crippen LogP contribution in [0.3, 0.4) is 0 Å². The minimum Gasteiger partial charge on any atom is -0.370 e. The molecule has 7 nitrogen and oxygen atoms in total. The molecule has 10 heteroatoms. The Morgan fingerprint density at radius 1 is 1.34 bits per heavy atom. The van der Waals surface area contributed by atoms with Crippen molar-refractivity contribution in [3.63, 3.8) is 0 Å². The first-order valence-corrected chi connectivity index (χ1v) is 9.63. The van der Waals surface area contributed by atoms with Gasteiger partial charge in [-0.15, -0.1) is 0 Å². The SMILES string of the molecule is NC[C@H](NCC1CCC1)C(=O)Nc1ccc(N2CCOCC2=O)c(C(F)(F)F)c1. The highest BCUT2D eigenvalue weighted by atomic mass is 19.4.